The van der Waals surface area contributed by atoms with E-state index in [0.29, 0.717) is 44.2 Å². The lowest BCUT2D eigenvalue weighted by atomic mass is 9.82. The lowest BCUT2D eigenvalue weighted by molar-refractivity contribution is -0.128. The third-order valence-electron chi connectivity index (χ3n) is 8.96. The molecule has 2 fully saturated rings. The Morgan fingerprint density at radius 2 is 1.90 bits per heavy atom. The maximum atomic E-state index is 15.4. The summed E-state index contributed by atoms with van der Waals surface area (Å²) in [5.74, 6) is -0.153. The van der Waals surface area contributed by atoms with Gasteiger partial charge in [-0.2, -0.15) is 4.98 Å². The van der Waals surface area contributed by atoms with Crippen molar-refractivity contribution in [2.75, 3.05) is 37.0 Å². The normalized spacial score (nSPS) is 22.0. The van der Waals surface area contributed by atoms with Crippen molar-refractivity contribution in [1.82, 2.24) is 14.5 Å². The first-order chi connectivity index (χ1) is 20.0. The zero-order valence-corrected chi connectivity index (χ0v) is 26.3. The Kier molecular flexibility index (Phi) is 7.72. The molecular formula is C31H33BrF2N4O3S. The molecule has 4 heterocycles. The molecule has 0 bridgehead atoms. The second kappa shape index (κ2) is 11.1. The molecule has 42 heavy (non-hydrogen) atoms. The van der Waals surface area contributed by atoms with Crippen LogP contribution in [0.3, 0.4) is 0 Å². The van der Waals surface area contributed by atoms with E-state index < -0.39 is 11.6 Å². The van der Waals surface area contributed by atoms with Gasteiger partial charge in [0.2, 0.25) is 5.91 Å². The molecule has 11 heteroatoms. The lowest BCUT2D eigenvalue weighted by Crippen LogP contribution is -2.58. The largest absolute Gasteiger partial charge is 0.381 e. The zero-order chi connectivity index (χ0) is 29.9. The van der Waals surface area contributed by atoms with Crippen LogP contribution in [0, 0.1) is 24.0 Å². The molecule has 0 aliphatic carbocycles. The number of aromatic nitrogens is 2. The first-order valence-electron chi connectivity index (χ1n) is 14.2. The van der Waals surface area contributed by atoms with Gasteiger partial charge < -0.3 is 14.5 Å². The van der Waals surface area contributed by atoms with Gasteiger partial charge in [0.25, 0.3) is 0 Å². The summed E-state index contributed by atoms with van der Waals surface area (Å²) in [6, 6.07) is 4.13. The first-order valence-corrected chi connectivity index (χ1v) is 15.9. The molecule has 2 aromatic carbocycles. The summed E-state index contributed by atoms with van der Waals surface area (Å²) in [5.41, 5.74) is 1.94. The van der Waals surface area contributed by atoms with Gasteiger partial charge in [-0.05, 0) is 73.3 Å². The van der Waals surface area contributed by atoms with Gasteiger partial charge in [-0.15, -0.1) is 11.8 Å². The molecule has 6 rings (SSSR count). The Labute approximate surface area is 256 Å². The molecule has 0 saturated carbocycles. The third kappa shape index (κ3) is 4.87. The summed E-state index contributed by atoms with van der Waals surface area (Å²) in [4.78, 5) is 35.9. The van der Waals surface area contributed by atoms with Crippen molar-refractivity contribution in [2.45, 2.75) is 57.1 Å². The quantitative estimate of drug-likeness (QED) is 0.257. The summed E-state index contributed by atoms with van der Waals surface area (Å²) in [5, 5.41) is 0.812. The number of hydrogen-bond acceptors (Lipinski definition) is 6. The average Bonchev–Trinajstić information content (AvgIpc) is 3.12. The Morgan fingerprint density at radius 1 is 1.17 bits per heavy atom. The fourth-order valence-electron chi connectivity index (χ4n) is 6.64. The molecule has 1 aromatic heterocycles. The number of piperazine rings is 1. The predicted octanol–water partition coefficient (Wildman–Crippen LogP) is 5.93. The molecule has 2 atom stereocenters. The monoisotopic (exact) mass is 658 g/mol. The number of ether oxygens (including phenoxy) is 1. The van der Waals surface area contributed by atoms with Gasteiger partial charge in [0.15, 0.2) is 0 Å². The Hall–Kier alpha value is -2.76. The van der Waals surface area contributed by atoms with E-state index in [-0.39, 0.29) is 39.1 Å². The molecular weight excluding hydrogens is 626 g/mol. The van der Waals surface area contributed by atoms with E-state index in [1.807, 2.05) is 26.8 Å². The second-order valence-electron chi connectivity index (χ2n) is 11.8. The Balaban J connectivity index is 1.60. The van der Waals surface area contributed by atoms with Crippen LogP contribution < -0.4 is 10.6 Å². The molecule has 3 aliphatic heterocycles. The van der Waals surface area contributed by atoms with Gasteiger partial charge >= 0.3 is 5.69 Å². The number of carbonyl (C=O) groups is 1. The maximum absolute atomic E-state index is 15.4. The summed E-state index contributed by atoms with van der Waals surface area (Å²) >= 11 is 4.87. The average molecular weight is 660 g/mol. The van der Waals surface area contributed by atoms with E-state index in [0.717, 1.165) is 46.0 Å². The van der Waals surface area contributed by atoms with E-state index in [4.69, 9.17) is 9.72 Å². The van der Waals surface area contributed by atoms with Crippen molar-refractivity contribution in [3.63, 3.8) is 0 Å². The smallest absolute Gasteiger partial charge is 0.350 e. The van der Waals surface area contributed by atoms with Crippen molar-refractivity contribution >= 4 is 50.3 Å². The minimum Gasteiger partial charge on any atom is -0.381 e. The summed E-state index contributed by atoms with van der Waals surface area (Å²) in [7, 11) is 0. The molecule has 0 radical (unpaired) electrons. The SMILES string of the molecule is C=CC(=O)N1C[C@H](C)N(c2nc(=O)n3c4c(c(-c5cc(Br)c(F)cc5F)c(C)cc24)SCC2(CCOCC2)C3)C[C@H]1C. The van der Waals surface area contributed by atoms with Crippen molar-refractivity contribution < 1.29 is 18.3 Å². The topological polar surface area (TPSA) is 67.7 Å². The van der Waals surface area contributed by atoms with Crippen molar-refractivity contribution in [3.05, 3.63) is 63.0 Å². The standard InChI is InChI=1S/C31H33BrF2N4O3S/c1-5-25(39)36-13-19(4)37(14-18(36)3)29-21-10-17(2)26(20-11-22(32)24(34)12-23(20)33)28-27(21)38(30(40)35-29)15-31(16-42-28)6-8-41-9-7-31/h5,10-12,18-19H,1,6-9,13-16H2,2-4H3/t18-,19+/m1/s1. The van der Waals surface area contributed by atoms with Gasteiger partial charge in [-0.1, -0.05) is 6.58 Å². The van der Waals surface area contributed by atoms with E-state index in [2.05, 4.69) is 27.4 Å². The van der Waals surface area contributed by atoms with Crippen LogP contribution in [0.4, 0.5) is 14.6 Å². The van der Waals surface area contributed by atoms with Crippen LogP contribution in [-0.4, -0.2) is 64.5 Å². The van der Waals surface area contributed by atoms with Crippen LogP contribution in [0.25, 0.3) is 22.0 Å². The molecule has 7 nitrogen and oxygen atoms in total. The molecule has 1 amide bonds. The number of aryl methyl sites for hydroxylation is 1. The van der Waals surface area contributed by atoms with Gasteiger partial charge in [-0.25, -0.2) is 13.6 Å². The van der Waals surface area contributed by atoms with E-state index in [9.17, 15) is 14.0 Å². The minimum atomic E-state index is -0.671. The zero-order valence-electron chi connectivity index (χ0n) is 23.9. The number of carbonyl (C=O) groups excluding carboxylic acids is 1. The summed E-state index contributed by atoms with van der Waals surface area (Å²) in [6.07, 6.45) is 2.95. The molecule has 0 unspecified atom stereocenters. The molecule has 1 spiro atoms. The van der Waals surface area contributed by atoms with Gasteiger partial charge in [0.05, 0.1) is 9.99 Å². The van der Waals surface area contributed by atoms with E-state index >= 15 is 4.39 Å². The number of nitrogens with zero attached hydrogens (tertiary/aromatic N) is 4. The summed E-state index contributed by atoms with van der Waals surface area (Å²) < 4.78 is 37.3. The molecule has 0 N–H and O–H groups in total. The highest BCUT2D eigenvalue weighted by molar-refractivity contribution is 9.10. The predicted molar refractivity (Wildman–Crippen MR) is 165 cm³/mol. The van der Waals surface area contributed by atoms with Gasteiger partial charge in [0, 0.05) is 83.6 Å². The first kappa shape index (κ1) is 29.3. The number of rotatable bonds is 3. The van der Waals surface area contributed by atoms with Crippen LogP contribution in [0.2, 0.25) is 0 Å². The maximum Gasteiger partial charge on any atom is 0.350 e. The van der Waals surface area contributed by atoms with E-state index in [1.54, 1.807) is 21.2 Å². The Bertz CT molecular complexity index is 1670. The highest BCUT2D eigenvalue weighted by atomic mass is 79.9. The minimum absolute atomic E-state index is 0.107. The number of halogens is 3. The highest BCUT2D eigenvalue weighted by Crippen LogP contribution is 2.49. The fraction of sp³-hybridized carbons (Fsp3) is 0.452. The number of amides is 1. The molecule has 2 saturated heterocycles. The van der Waals surface area contributed by atoms with Crippen LogP contribution in [0.5, 0.6) is 0 Å². The molecule has 222 valence electrons. The molecule has 3 aliphatic rings. The highest BCUT2D eigenvalue weighted by Gasteiger charge is 2.39. The van der Waals surface area contributed by atoms with Crippen molar-refractivity contribution in [1.29, 1.82) is 0 Å². The van der Waals surface area contributed by atoms with Crippen molar-refractivity contribution in [2.24, 2.45) is 5.41 Å². The number of anilines is 1. The second-order valence-corrected chi connectivity index (χ2v) is 13.6. The van der Waals surface area contributed by atoms with Crippen LogP contribution in [0.1, 0.15) is 32.3 Å². The van der Waals surface area contributed by atoms with Crippen LogP contribution in [-0.2, 0) is 16.1 Å². The number of thioether (sulfide) groups is 1. The van der Waals surface area contributed by atoms with Crippen LogP contribution in [0.15, 0.2) is 45.0 Å². The van der Waals surface area contributed by atoms with Crippen molar-refractivity contribution in [3.8, 4) is 11.1 Å². The Morgan fingerprint density at radius 3 is 2.62 bits per heavy atom. The van der Waals surface area contributed by atoms with Crippen LogP contribution >= 0.6 is 27.7 Å². The lowest BCUT2D eigenvalue weighted by Gasteiger charge is -2.44. The number of hydrogen-bond donors (Lipinski definition) is 0. The summed E-state index contributed by atoms with van der Waals surface area (Å²) in [6.45, 7) is 12.3. The molecule has 3 aromatic rings. The van der Waals surface area contributed by atoms with Gasteiger partial charge in [-0.3, -0.25) is 9.36 Å². The number of benzene rings is 2. The fourth-order valence-corrected chi connectivity index (χ4v) is 8.58. The van der Waals surface area contributed by atoms with E-state index in [1.165, 1.54) is 12.1 Å². The van der Waals surface area contributed by atoms with Gasteiger partial charge in [0.1, 0.15) is 17.5 Å². The third-order valence-corrected chi connectivity index (χ3v) is 11.0.